The van der Waals surface area contributed by atoms with E-state index in [1.807, 2.05) is 26.0 Å². The minimum atomic E-state index is -0.522. The van der Waals surface area contributed by atoms with E-state index in [0.29, 0.717) is 21.7 Å². The highest BCUT2D eigenvalue weighted by atomic mass is 32.1. The third-order valence-electron chi connectivity index (χ3n) is 4.31. The second kappa shape index (κ2) is 8.35. The van der Waals surface area contributed by atoms with Gasteiger partial charge in [-0.15, -0.1) is 11.3 Å². The minimum absolute atomic E-state index is 0.210. The molecule has 3 aromatic rings. The van der Waals surface area contributed by atoms with E-state index < -0.39 is 5.97 Å². The second-order valence-corrected chi connectivity index (χ2v) is 7.46. The van der Waals surface area contributed by atoms with E-state index in [2.05, 4.69) is 5.32 Å². The first-order chi connectivity index (χ1) is 13.4. The maximum absolute atomic E-state index is 13.3. The van der Waals surface area contributed by atoms with E-state index in [1.165, 1.54) is 23.5 Å². The number of carbonyl (C=O) groups is 2. The number of ether oxygens (including phenoxy) is 1. The number of aryl methyl sites for hydroxylation is 2. The van der Waals surface area contributed by atoms with Crippen LogP contribution in [0.3, 0.4) is 0 Å². The molecule has 1 aromatic heterocycles. The Morgan fingerprint density at radius 2 is 1.75 bits per heavy atom. The summed E-state index contributed by atoms with van der Waals surface area (Å²) in [5.41, 5.74) is 2.99. The highest BCUT2D eigenvalue weighted by Crippen LogP contribution is 2.40. The van der Waals surface area contributed by atoms with Crippen molar-refractivity contribution in [2.45, 2.75) is 20.8 Å². The van der Waals surface area contributed by atoms with Gasteiger partial charge in [0.05, 0.1) is 6.61 Å². The van der Waals surface area contributed by atoms with Crippen LogP contribution in [0.15, 0.2) is 48.5 Å². The Bertz CT molecular complexity index is 1020. The van der Waals surface area contributed by atoms with Crippen molar-refractivity contribution in [1.82, 2.24) is 0 Å². The van der Waals surface area contributed by atoms with Gasteiger partial charge in [0.2, 0.25) is 0 Å². The summed E-state index contributed by atoms with van der Waals surface area (Å²) in [4.78, 5) is 26.3. The molecule has 0 fully saturated rings. The summed E-state index contributed by atoms with van der Waals surface area (Å²) in [5.74, 6) is -1.18. The van der Waals surface area contributed by atoms with Crippen molar-refractivity contribution in [2.75, 3.05) is 11.9 Å². The fourth-order valence-corrected chi connectivity index (χ4v) is 4.05. The van der Waals surface area contributed by atoms with Crippen molar-refractivity contribution in [1.29, 1.82) is 0 Å². The summed E-state index contributed by atoms with van der Waals surface area (Å²) in [5, 5.41) is 3.27. The Kier molecular flexibility index (Phi) is 5.90. The molecule has 3 rings (SSSR count). The maximum atomic E-state index is 13.3. The number of nitrogens with one attached hydrogen (secondary N) is 1. The normalized spacial score (nSPS) is 10.6. The van der Waals surface area contributed by atoms with Gasteiger partial charge in [-0.25, -0.2) is 9.18 Å². The van der Waals surface area contributed by atoms with Gasteiger partial charge >= 0.3 is 5.97 Å². The smallest absolute Gasteiger partial charge is 0.341 e. The molecule has 0 spiro atoms. The molecule has 1 heterocycles. The standard InChI is InChI=1S/C22H20FNO3S/c1-4-27-22(26)19-18(15-9-11-16(23)12-10-15)14(3)28-21(19)24-20(25)17-8-6-5-7-13(17)2/h5-12H,4H2,1-3H3,(H,24,25). The van der Waals surface area contributed by atoms with Crippen LogP contribution < -0.4 is 5.32 Å². The van der Waals surface area contributed by atoms with Crippen molar-refractivity contribution >= 4 is 28.2 Å². The molecule has 0 unspecified atom stereocenters. The number of hydrogen-bond acceptors (Lipinski definition) is 4. The predicted octanol–water partition coefficient (Wildman–Crippen LogP) is 5.60. The van der Waals surface area contributed by atoms with Crippen LogP contribution in [0.25, 0.3) is 11.1 Å². The Morgan fingerprint density at radius 3 is 2.39 bits per heavy atom. The van der Waals surface area contributed by atoms with Gasteiger partial charge in [-0.05, 0) is 50.1 Å². The van der Waals surface area contributed by atoms with E-state index in [1.54, 1.807) is 31.2 Å². The van der Waals surface area contributed by atoms with Gasteiger partial charge in [0, 0.05) is 16.0 Å². The van der Waals surface area contributed by atoms with Crippen molar-refractivity contribution in [3.8, 4) is 11.1 Å². The number of benzene rings is 2. The Balaban J connectivity index is 2.07. The lowest BCUT2D eigenvalue weighted by atomic mass is 10.0. The molecule has 1 N–H and O–H groups in total. The van der Waals surface area contributed by atoms with E-state index in [4.69, 9.17) is 4.74 Å². The molecule has 0 saturated carbocycles. The molecule has 0 radical (unpaired) electrons. The third kappa shape index (κ3) is 3.97. The van der Waals surface area contributed by atoms with E-state index >= 15 is 0 Å². The van der Waals surface area contributed by atoms with Crippen molar-refractivity contribution in [3.63, 3.8) is 0 Å². The van der Waals surface area contributed by atoms with Gasteiger partial charge in [0.15, 0.2) is 0 Å². The lowest BCUT2D eigenvalue weighted by Crippen LogP contribution is -2.15. The average Bonchev–Trinajstić information content (AvgIpc) is 2.98. The molecule has 6 heteroatoms. The molecular formula is C22H20FNO3S. The number of amides is 1. The Labute approximate surface area is 167 Å². The topological polar surface area (TPSA) is 55.4 Å². The zero-order valence-corrected chi connectivity index (χ0v) is 16.7. The minimum Gasteiger partial charge on any atom is -0.462 e. The molecule has 0 aliphatic rings. The van der Waals surface area contributed by atoms with Crippen LogP contribution in [0.5, 0.6) is 0 Å². The van der Waals surface area contributed by atoms with Gasteiger partial charge in [0.25, 0.3) is 5.91 Å². The summed E-state index contributed by atoms with van der Waals surface area (Å²) >= 11 is 1.30. The van der Waals surface area contributed by atoms with Gasteiger partial charge < -0.3 is 10.1 Å². The Morgan fingerprint density at radius 1 is 1.07 bits per heavy atom. The van der Waals surface area contributed by atoms with Crippen molar-refractivity contribution in [3.05, 3.63) is 75.9 Å². The second-order valence-electron chi connectivity index (χ2n) is 6.23. The summed E-state index contributed by atoms with van der Waals surface area (Å²) in [7, 11) is 0. The summed E-state index contributed by atoms with van der Waals surface area (Å²) < 4.78 is 18.6. The molecule has 1 amide bonds. The van der Waals surface area contributed by atoms with Gasteiger partial charge in [-0.1, -0.05) is 30.3 Å². The highest BCUT2D eigenvalue weighted by molar-refractivity contribution is 7.17. The molecule has 2 aromatic carbocycles. The molecule has 28 heavy (non-hydrogen) atoms. The molecule has 4 nitrogen and oxygen atoms in total. The van der Waals surface area contributed by atoms with E-state index in [0.717, 1.165) is 10.4 Å². The molecule has 0 saturated heterocycles. The molecule has 0 aliphatic heterocycles. The van der Waals surface area contributed by atoms with Crippen LogP contribution >= 0.6 is 11.3 Å². The number of halogens is 1. The number of hydrogen-bond donors (Lipinski definition) is 1. The molecule has 144 valence electrons. The van der Waals surface area contributed by atoms with Gasteiger partial charge in [-0.2, -0.15) is 0 Å². The third-order valence-corrected chi connectivity index (χ3v) is 5.33. The fraction of sp³-hybridized carbons (Fsp3) is 0.182. The number of carbonyl (C=O) groups excluding carboxylic acids is 2. The lowest BCUT2D eigenvalue weighted by Gasteiger charge is -2.10. The zero-order chi connectivity index (χ0) is 20.3. The first-order valence-electron chi connectivity index (χ1n) is 8.85. The first kappa shape index (κ1) is 19.8. The van der Waals surface area contributed by atoms with Crippen LogP contribution in [0.4, 0.5) is 9.39 Å². The monoisotopic (exact) mass is 397 g/mol. The van der Waals surface area contributed by atoms with Crippen molar-refractivity contribution in [2.24, 2.45) is 0 Å². The van der Waals surface area contributed by atoms with E-state index in [-0.39, 0.29) is 23.9 Å². The van der Waals surface area contributed by atoms with Crippen LogP contribution in [0.1, 0.15) is 38.1 Å². The number of esters is 1. The van der Waals surface area contributed by atoms with Crippen LogP contribution in [-0.2, 0) is 4.74 Å². The molecule has 0 aliphatic carbocycles. The van der Waals surface area contributed by atoms with Crippen LogP contribution in [-0.4, -0.2) is 18.5 Å². The molecule has 0 bridgehead atoms. The average molecular weight is 397 g/mol. The summed E-state index contributed by atoms with van der Waals surface area (Å²) in [6, 6.07) is 13.1. The zero-order valence-electron chi connectivity index (χ0n) is 15.8. The number of anilines is 1. The predicted molar refractivity (Wildman–Crippen MR) is 110 cm³/mol. The lowest BCUT2D eigenvalue weighted by molar-refractivity contribution is 0.0529. The molecule has 0 atom stereocenters. The quantitative estimate of drug-likeness (QED) is 0.570. The SMILES string of the molecule is CCOC(=O)c1c(NC(=O)c2ccccc2C)sc(C)c1-c1ccc(F)cc1. The van der Waals surface area contributed by atoms with E-state index in [9.17, 15) is 14.0 Å². The first-order valence-corrected chi connectivity index (χ1v) is 9.67. The van der Waals surface area contributed by atoms with Crippen LogP contribution in [0, 0.1) is 19.7 Å². The summed E-state index contributed by atoms with van der Waals surface area (Å²) in [6.07, 6.45) is 0. The maximum Gasteiger partial charge on any atom is 0.341 e. The van der Waals surface area contributed by atoms with Gasteiger partial charge in [0.1, 0.15) is 16.4 Å². The Hall–Kier alpha value is -2.99. The van der Waals surface area contributed by atoms with Crippen LogP contribution in [0.2, 0.25) is 0 Å². The highest BCUT2D eigenvalue weighted by Gasteiger charge is 2.26. The van der Waals surface area contributed by atoms with Gasteiger partial charge in [-0.3, -0.25) is 4.79 Å². The number of rotatable bonds is 5. The fourth-order valence-electron chi connectivity index (χ4n) is 2.99. The largest absolute Gasteiger partial charge is 0.462 e. The number of thiophene rings is 1. The van der Waals surface area contributed by atoms with Crippen molar-refractivity contribution < 1.29 is 18.7 Å². The summed E-state index contributed by atoms with van der Waals surface area (Å²) in [6.45, 7) is 5.64. The molecular weight excluding hydrogens is 377 g/mol.